The minimum absolute atomic E-state index is 0.287. The fourth-order valence-corrected chi connectivity index (χ4v) is 6.84. The van der Waals surface area contributed by atoms with E-state index in [-0.39, 0.29) is 5.70 Å². The van der Waals surface area contributed by atoms with Crippen molar-refractivity contribution in [1.29, 1.82) is 0 Å². The molecule has 5 aromatic carbocycles. The average molecular weight is 712 g/mol. The van der Waals surface area contributed by atoms with E-state index in [0.717, 1.165) is 34.4 Å². The van der Waals surface area contributed by atoms with E-state index in [0.29, 0.717) is 52.2 Å². The van der Waals surface area contributed by atoms with Crippen molar-refractivity contribution >= 4 is 24.4 Å². The molecule has 0 fully saturated rings. The van der Waals surface area contributed by atoms with Crippen LogP contribution in [0, 0.1) is 0 Å². The van der Waals surface area contributed by atoms with Crippen molar-refractivity contribution in [1.82, 2.24) is 10.6 Å². The van der Waals surface area contributed by atoms with Gasteiger partial charge in [0.1, 0.15) is 6.54 Å². The molecule has 0 atom stereocenters. The topological polar surface area (TPSA) is 53.2 Å². The summed E-state index contributed by atoms with van der Waals surface area (Å²) in [5.41, 5.74) is 4.11. The van der Waals surface area contributed by atoms with E-state index in [9.17, 15) is 31.1 Å². The lowest BCUT2D eigenvalue weighted by molar-refractivity contribution is -0.137. The lowest BCUT2D eigenvalue weighted by Crippen LogP contribution is -2.39. The fraction of sp³-hybridized carbons (Fsp3) is 0.167. The molecule has 0 aromatic heterocycles. The van der Waals surface area contributed by atoms with Gasteiger partial charge in [-0.15, -0.1) is 0 Å². The summed E-state index contributed by atoms with van der Waals surface area (Å²) < 4.78 is 79.2. The van der Waals surface area contributed by atoms with Gasteiger partial charge in [-0.3, -0.25) is 4.79 Å². The Labute approximate surface area is 297 Å². The van der Waals surface area contributed by atoms with Crippen molar-refractivity contribution in [2.75, 3.05) is 18.4 Å². The van der Waals surface area contributed by atoms with Gasteiger partial charge in [0.25, 0.3) is 5.91 Å². The quantitative estimate of drug-likeness (QED) is 0.0949. The number of carbonyl (C=O) groups is 1. The molecule has 1 aliphatic carbocycles. The van der Waals surface area contributed by atoms with Crippen molar-refractivity contribution in [3.8, 4) is 22.3 Å². The molecule has 0 radical (unpaired) electrons. The van der Waals surface area contributed by atoms with Crippen molar-refractivity contribution < 1.29 is 31.1 Å². The second-order valence-electron chi connectivity index (χ2n) is 12.6. The monoisotopic (exact) mass is 711 g/mol. The van der Waals surface area contributed by atoms with Gasteiger partial charge in [0, 0.05) is 29.7 Å². The van der Waals surface area contributed by atoms with Gasteiger partial charge in [-0.1, -0.05) is 98.1 Å². The number of allylic oxidation sites excluding steroid dienone is 1. The van der Waals surface area contributed by atoms with Gasteiger partial charge in [0.15, 0.2) is 0 Å². The SMILES string of the molecule is C=C(NCC(F)(F)F)C1(CCCN/C=c2/cc(NC(=O)c3ccccc3-c3ccc(C(F)(F)F)cc3)ccc2=C)c2ccccc2-c2ccccc21. The summed E-state index contributed by atoms with van der Waals surface area (Å²) in [6.45, 7) is 7.51. The molecule has 4 nitrogen and oxygen atoms in total. The lowest BCUT2D eigenvalue weighted by Gasteiger charge is -2.35. The first kappa shape index (κ1) is 36.0. The molecule has 1 amide bonds. The molecule has 266 valence electrons. The molecule has 0 bridgehead atoms. The molecule has 0 spiro atoms. The largest absolute Gasteiger partial charge is 0.416 e. The van der Waals surface area contributed by atoms with Gasteiger partial charge in [-0.2, -0.15) is 26.3 Å². The molecule has 0 heterocycles. The van der Waals surface area contributed by atoms with Crippen LogP contribution in [0.15, 0.2) is 128 Å². The van der Waals surface area contributed by atoms with E-state index < -0.39 is 35.8 Å². The molecular formula is C42H35F6N3O. The molecule has 1 aliphatic rings. The molecule has 10 heteroatoms. The Hall–Kier alpha value is -5.77. The van der Waals surface area contributed by atoms with Crippen molar-refractivity contribution in [2.24, 2.45) is 0 Å². The Bertz CT molecular complexity index is 2180. The molecule has 52 heavy (non-hydrogen) atoms. The molecule has 0 saturated carbocycles. The number of halogens is 6. The Morgan fingerprint density at radius 1 is 0.750 bits per heavy atom. The maximum Gasteiger partial charge on any atom is 0.416 e. The van der Waals surface area contributed by atoms with Crippen LogP contribution in [0.25, 0.3) is 35.0 Å². The second-order valence-corrected chi connectivity index (χ2v) is 12.6. The first-order valence-corrected chi connectivity index (χ1v) is 16.6. The Morgan fingerprint density at radius 2 is 1.35 bits per heavy atom. The number of rotatable bonds is 11. The summed E-state index contributed by atoms with van der Waals surface area (Å²) >= 11 is 0. The molecule has 0 aliphatic heterocycles. The number of fused-ring (bicyclic) bond motifs is 3. The zero-order chi connectivity index (χ0) is 37.1. The van der Waals surface area contributed by atoms with E-state index in [2.05, 4.69) is 29.1 Å². The summed E-state index contributed by atoms with van der Waals surface area (Å²) in [5, 5.41) is 10.2. The van der Waals surface area contributed by atoms with Crippen LogP contribution in [-0.4, -0.2) is 25.2 Å². The highest BCUT2D eigenvalue weighted by Crippen LogP contribution is 2.54. The van der Waals surface area contributed by atoms with Gasteiger partial charge < -0.3 is 16.0 Å². The standard InChI is InChI=1S/C42H35F6N3O/c1-27-16-21-32(51-39(52)36-13-4-3-10-33(36)29-17-19-31(20-18-29)42(46,47)48)24-30(27)25-49-23-9-22-40(28(2)50-26-41(43,44)45)37-14-7-5-11-34(37)35-12-6-8-15-38(35)40/h3-8,10-21,24-25,49-50H,1-2,9,22-23,26H2,(H,51,52)/b30-25-. The molecular weight excluding hydrogens is 676 g/mol. The maximum atomic E-state index is 13.4. The van der Waals surface area contributed by atoms with Crippen LogP contribution in [0.1, 0.15) is 39.9 Å². The van der Waals surface area contributed by atoms with Crippen molar-refractivity contribution in [3.05, 3.63) is 160 Å². The average Bonchev–Trinajstić information content (AvgIpc) is 3.41. The summed E-state index contributed by atoms with van der Waals surface area (Å²) in [6, 6.07) is 32.0. The number of alkyl halides is 6. The number of carbonyl (C=O) groups excluding carboxylic acids is 1. The summed E-state index contributed by atoms with van der Waals surface area (Å²) in [5.74, 6) is -0.437. The Morgan fingerprint density at radius 3 is 1.96 bits per heavy atom. The van der Waals surface area contributed by atoms with Crippen LogP contribution >= 0.6 is 0 Å². The zero-order valence-corrected chi connectivity index (χ0v) is 28.0. The highest BCUT2D eigenvalue weighted by molar-refractivity contribution is 6.08. The second kappa shape index (κ2) is 14.5. The predicted octanol–water partition coefficient (Wildman–Crippen LogP) is 8.78. The molecule has 3 N–H and O–H groups in total. The number of amides is 1. The summed E-state index contributed by atoms with van der Waals surface area (Å²) in [7, 11) is 0. The third kappa shape index (κ3) is 7.46. The van der Waals surface area contributed by atoms with Crippen LogP contribution in [0.2, 0.25) is 0 Å². The third-order valence-electron chi connectivity index (χ3n) is 9.31. The van der Waals surface area contributed by atoms with E-state index in [1.807, 2.05) is 48.5 Å². The molecule has 5 aromatic rings. The van der Waals surface area contributed by atoms with Crippen molar-refractivity contribution in [2.45, 2.75) is 30.6 Å². The van der Waals surface area contributed by atoms with E-state index in [1.54, 1.807) is 48.7 Å². The Kier molecular flexibility index (Phi) is 10.0. The highest BCUT2D eigenvalue weighted by atomic mass is 19.4. The third-order valence-corrected chi connectivity index (χ3v) is 9.31. The fourth-order valence-electron chi connectivity index (χ4n) is 6.84. The smallest absolute Gasteiger partial charge is 0.390 e. The van der Waals surface area contributed by atoms with Crippen LogP contribution in [0.4, 0.5) is 32.0 Å². The number of nitrogens with one attached hydrogen (secondary N) is 3. The highest BCUT2D eigenvalue weighted by Gasteiger charge is 2.45. The normalized spacial score (nSPS) is 13.6. The summed E-state index contributed by atoms with van der Waals surface area (Å²) in [6.07, 6.45) is -6.05. The van der Waals surface area contributed by atoms with E-state index in [1.165, 1.54) is 12.1 Å². The molecule has 6 rings (SSSR count). The molecule has 0 unspecified atom stereocenters. The van der Waals surface area contributed by atoms with Gasteiger partial charge in [0.2, 0.25) is 0 Å². The van der Waals surface area contributed by atoms with Crippen LogP contribution in [0.5, 0.6) is 0 Å². The van der Waals surface area contributed by atoms with Gasteiger partial charge in [-0.05, 0) is 87.0 Å². The van der Waals surface area contributed by atoms with Gasteiger partial charge in [0.05, 0.1) is 11.0 Å². The maximum absolute atomic E-state index is 13.4. The van der Waals surface area contributed by atoms with Crippen LogP contribution in [-0.2, 0) is 11.6 Å². The minimum atomic E-state index is -4.47. The van der Waals surface area contributed by atoms with Crippen LogP contribution < -0.4 is 26.4 Å². The Balaban J connectivity index is 1.18. The van der Waals surface area contributed by atoms with Crippen molar-refractivity contribution in [3.63, 3.8) is 0 Å². The lowest BCUT2D eigenvalue weighted by atomic mass is 9.72. The predicted molar refractivity (Wildman–Crippen MR) is 194 cm³/mol. The number of hydrogen-bond acceptors (Lipinski definition) is 3. The van der Waals surface area contributed by atoms with Crippen LogP contribution in [0.3, 0.4) is 0 Å². The minimum Gasteiger partial charge on any atom is -0.390 e. The summed E-state index contributed by atoms with van der Waals surface area (Å²) in [4.78, 5) is 13.4. The van der Waals surface area contributed by atoms with E-state index >= 15 is 0 Å². The first-order valence-electron chi connectivity index (χ1n) is 16.6. The zero-order valence-electron chi connectivity index (χ0n) is 28.0. The van der Waals surface area contributed by atoms with Gasteiger partial charge in [-0.25, -0.2) is 0 Å². The van der Waals surface area contributed by atoms with Gasteiger partial charge >= 0.3 is 12.4 Å². The molecule has 0 saturated heterocycles. The number of hydrogen-bond donors (Lipinski definition) is 3. The number of benzene rings is 5. The first-order chi connectivity index (χ1) is 24.8. The van der Waals surface area contributed by atoms with E-state index in [4.69, 9.17) is 0 Å². The number of anilines is 1.